The molecule has 0 fully saturated rings. The number of aromatic amines is 1. The van der Waals surface area contributed by atoms with Gasteiger partial charge < -0.3 is 9.72 Å². The Morgan fingerprint density at radius 3 is 2.75 bits per heavy atom. The number of nitrogens with zero attached hydrogens (tertiary/aromatic N) is 2. The van der Waals surface area contributed by atoms with Crippen molar-refractivity contribution in [3.63, 3.8) is 0 Å². The monoisotopic (exact) mass is 319 g/mol. The summed E-state index contributed by atoms with van der Waals surface area (Å²) in [5, 5.41) is 0. The van der Waals surface area contributed by atoms with Crippen LogP contribution in [0.2, 0.25) is 0 Å². The molecule has 0 atom stereocenters. The number of ether oxygens (including phenoxy) is 1. The van der Waals surface area contributed by atoms with Crippen molar-refractivity contribution in [2.24, 2.45) is 0 Å². The van der Waals surface area contributed by atoms with E-state index in [0.717, 1.165) is 28.5 Å². The van der Waals surface area contributed by atoms with Crippen LogP contribution in [0.3, 0.4) is 0 Å². The summed E-state index contributed by atoms with van der Waals surface area (Å²) in [6, 6.07) is 11.0. The normalized spacial score (nSPS) is 10.1. The summed E-state index contributed by atoms with van der Waals surface area (Å²) < 4.78 is 7.12. The van der Waals surface area contributed by atoms with Crippen LogP contribution in [0.15, 0.2) is 47.4 Å². The first-order chi connectivity index (χ1) is 11.6. The molecular weight excluding hydrogens is 302 g/mol. The largest absolute Gasteiger partial charge is 0.497 e. The van der Waals surface area contributed by atoms with Crippen LogP contribution in [0.4, 0.5) is 0 Å². The molecular formula is C19H17N3O2. The van der Waals surface area contributed by atoms with Gasteiger partial charge in [0.1, 0.15) is 17.3 Å². The summed E-state index contributed by atoms with van der Waals surface area (Å²) in [6.45, 7) is 3.84. The van der Waals surface area contributed by atoms with Crippen molar-refractivity contribution in [1.82, 2.24) is 14.5 Å². The number of imidazole rings is 1. The maximum Gasteiger partial charge on any atom is 0.250 e. The van der Waals surface area contributed by atoms with Gasteiger partial charge in [-0.05, 0) is 44.0 Å². The van der Waals surface area contributed by atoms with E-state index in [9.17, 15) is 4.79 Å². The van der Waals surface area contributed by atoms with Gasteiger partial charge in [-0.1, -0.05) is 12.0 Å². The van der Waals surface area contributed by atoms with Gasteiger partial charge in [-0.3, -0.25) is 9.36 Å². The zero-order valence-electron chi connectivity index (χ0n) is 13.8. The second-order valence-electron chi connectivity index (χ2n) is 5.32. The van der Waals surface area contributed by atoms with E-state index < -0.39 is 0 Å². The molecule has 0 bridgehead atoms. The molecule has 0 spiro atoms. The summed E-state index contributed by atoms with van der Waals surface area (Å²) in [5.74, 6) is 7.76. The lowest BCUT2D eigenvalue weighted by atomic mass is 10.2. The van der Waals surface area contributed by atoms with Gasteiger partial charge in [0.05, 0.1) is 18.5 Å². The molecule has 0 amide bonds. The minimum absolute atomic E-state index is 0.149. The number of benzene rings is 1. The molecule has 3 aromatic rings. The highest BCUT2D eigenvalue weighted by atomic mass is 16.5. The second kappa shape index (κ2) is 6.47. The molecule has 2 heterocycles. The molecule has 1 N–H and O–H groups in total. The Kier molecular flexibility index (Phi) is 4.21. The zero-order chi connectivity index (χ0) is 17.1. The highest BCUT2D eigenvalue weighted by Crippen LogP contribution is 2.16. The van der Waals surface area contributed by atoms with E-state index in [-0.39, 0.29) is 5.56 Å². The fourth-order valence-electron chi connectivity index (χ4n) is 2.54. The molecule has 0 radical (unpaired) electrons. The molecule has 120 valence electrons. The molecule has 24 heavy (non-hydrogen) atoms. The van der Waals surface area contributed by atoms with E-state index in [0.29, 0.717) is 5.69 Å². The minimum atomic E-state index is -0.149. The van der Waals surface area contributed by atoms with Crippen molar-refractivity contribution in [1.29, 1.82) is 0 Å². The number of aromatic nitrogens is 3. The summed E-state index contributed by atoms with van der Waals surface area (Å²) in [4.78, 5) is 18.7. The quantitative estimate of drug-likeness (QED) is 0.739. The molecule has 1 aromatic carbocycles. The lowest BCUT2D eigenvalue weighted by Crippen LogP contribution is -2.07. The van der Waals surface area contributed by atoms with E-state index in [2.05, 4.69) is 21.8 Å². The Morgan fingerprint density at radius 2 is 2.00 bits per heavy atom. The van der Waals surface area contributed by atoms with Crippen LogP contribution in [0.1, 0.15) is 22.8 Å². The third-order valence-electron chi connectivity index (χ3n) is 3.69. The van der Waals surface area contributed by atoms with Crippen LogP contribution in [0, 0.1) is 25.7 Å². The topological polar surface area (TPSA) is 59.9 Å². The van der Waals surface area contributed by atoms with E-state index in [1.807, 2.05) is 48.7 Å². The number of hydrogen-bond acceptors (Lipinski definition) is 3. The number of rotatable bonds is 2. The molecule has 0 saturated heterocycles. The van der Waals surface area contributed by atoms with Crippen molar-refractivity contribution < 1.29 is 4.74 Å². The lowest BCUT2D eigenvalue weighted by molar-refractivity contribution is 0.414. The Labute approximate surface area is 140 Å². The van der Waals surface area contributed by atoms with Gasteiger partial charge in [0.25, 0.3) is 0 Å². The SMILES string of the molecule is COc1cccc(C#Cc2nc(C)n(-c3cc[nH]c(=O)c3)c2C)c1. The van der Waals surface area contributed by atoms with Gasteiger partial charge in [0.2, 0.25) is 5.56 Å². The molecule has 0 aliphatic heterocycles. The van der Waals surface area contributed by atoms with E-state index in [1.165, 1.54) is 0 Å². The van der Waals surface area contributed by atoms with Crippen molar-refractivity contribution >= 4 is 0 Å². The van der Waals surface area contributed by atoms with Crippen LogP contribution in [0.5, 0.6) is 5.75 Å². The third kappa shape index (κ3) is 3.08. The zero-order valence-corrected chi connectivity index (χ0v) is 13.8. The van der Waals surface area contributed by atoms with Crippen molar-refractivity contribution in [2.45, 2.75) is 13.8 Å². The van der Waals surface area contributed by atoms with Gasteiger partial charge in [0.15, 0.2) is 0 Å². The van der Waals surface area contributed by atoms with Crippen LogP contribution in [-0.4, -0.2) is 21.6 Å². The molecule has 2 aromatic heterocycles. The summed E-state index contributed by atoms with van der Waals surface area (Å²) >= 11 is 0. The van der Waals surface area contributed by atoms with Crippen LogP contribution in [0.25, 0.3) is 5.69 Å². The number of H-pyrrole nitrogens is 1. The Hall–Kier alpha value is -3.26. The molecule has 0 saturated carbocycles. The van der Waals surface area contributed by atoms with E-state index in [1.54, 1.807) is 19.4 Å². The molecule has 0 aliphatic rings. The van der Waals surface area contributed by atoms with Gasteiger partial charge in [-0.25, -0.2) is 4.98 Å². The predicted octanol–water partition coefficient (Wildman–Crippen LogP) is 2.59. The molecule has 5 nitrogen and oxygen atoms in total. The number of pyridine rings is 1. The molecule has 0 aliphatic carbocycles. The number of methoxy groups -OCH3 is 1. The highest BCUT2D eigenvalue weighted by Gasteiger charge is 2.11. The Morgan fingerprint density at radius 1 is 1.17 bits per heavy atom. The second-order valence-corrected chi connectivity index (χ2v) is 5.32. The van der Waals surface area contributed by atoms with E-state index in [4.69, 9.17) is 4.74 Å². The third-order valence-corrected chi connectivity index (χ3v) is 3.69. The van der Waals surface area contributed by atoms with Crippen molar-refractivity contribution in [3.8, 4) is 23.3 Å². The Bertz CT molecular complexity index is 1000. The molecule has 3 rings (SSSR count). The lowest BCUT2D eigenvalue weighted by Gasteiger charge is -2.06. The molecule has 5 heteroatoms. The number of aryl methyl sites for hydroxylation is 1. The minimum Gasteiger partial charge on any atom is -0.497 e. The number of nitrogens with one attached hydrogen (secondary N) is 1. The molecule has 0 unspecified atom stereocenters. The summed E-state index contributed by atoms with van der Waals surface area (Å²) in [7, 11) is 1.63. The predicted molar refractivity (Wildman–Crippen MR) is 92.6 cm³/mol. The Balaban J connectivity index is 2.01. The van der Waals surface area contributed by atoms with Crippen molar-refractivity contribution in [3.05, 3.63) is 75.7 Å². The maximum atomic E-state index is 11.5. The first kappa shape index (κ1) is 15.6. The fraction of sp³-hybridized carbons (Fsp3) is 0.158. The van der Waals surface area contributed by atoms with Crippen LogP contribution >= 0.6 is 0 Å². The van der Waals surface area contributed by atoms with Crippen molar-refractivity contribution in [2.75, 3.05) is 7.11 Å². The van der Waals surface area contributed by atoms with Gasteiger partial charge >= 0.3 is 0 Å². The first-order valence-corrected chi connectivity index (χ1v) is 7.49. The summed E-state index contributed by atoms with van der Waals surface area (Å²) in [6.07, 6.45) is 1.62. The summed E-state index contributed by atoms with van der Waals surface area (Å²) in [5.41, 5.74) is 3.07. The fourth-order valence-corrected chi connectivity index (χ4v) is 2.54. The highest BCUT2D eigenvalue weighted by molar-refractivity contribution is 5.46. The van der Waals surface area contributed by atoms with Gasteiger partial charge in [-0.2, -0.15) is 0 Å². The first-order valence-electron chi connectivity index (χ1n) is 7.49. The van der Waals surface area contributed by atoms with Gasteiger partial charge in [0, 0.05) is 17.8 Å². The van der Waals surface area contributed by atoms with Crippen LogP contribution in [-0.2, 0) is 0 Å². The standard InChI is InChI=1S/C19H17N3O2/c1-13-18(8-7-15-5-4-6-17(11-15)24-3)21-14(2)22(13)16-9-10-20-19(23)12-16/h4-6,9-12H,1-3H3,(H,20,23). The number of hydrogen-bond donors (Lipinski definition) is 1. The van der Waals surface area contributed by atoms with E-state index >= 15 is 0 Å². The average molecular weight is 319 g/mol. The smallest absolute Gasteiger partial charge is 0.250 e. The van der Waals surface area contributed by atoms with Crippen LogP contribution < -0.4 is 10.3 Å². The van der Waals surface area contributed by atoms with Gasteiger partial charge in [-0.15, -0.1) is 0 Å². The average Bonchev–Trinajstić information content (AvgIpc) is 2.87. The maximum absolute atomic E-state index is 11.5.